The lowest BCUT2D eigenvalue weighted by molar-refractivity contribution is -0.201. The van der Waals surface area contributed by atoms with Gasteiger partial charge in [-0.3, -0.25) is 4.79 Å². The van der Waals surface area contributed by atoms with Crippen LogP contribution in [-0.4, -0.2) is 37.2 Å². The number of hydrogen-bond donors (Lipinski definition) is 1. The van der Waals surface area contributed by atoms with Gasteiger partial charge in [-0.1, -0.05) is 6.07 Å². The predicted octanol–water partition coefficient (Wildman–Crippen LogP) is 1.51. The van der Waals surface area contributed by atoms with Crippen LogP contribution >= 0.6 is 0 Å². The first kappa shape index (κ1) is 16.6. The maximum atomic E-state index is 11.8. The summed E-state index contributed by atoms with van der Waals surface area (Å²) in [7, 11) is 2.89. The van der Waals surface area contributed by atoms with Gasteiger partial charge in [-0.2, -0.15) is 4.98 Å². The van der Waals surface area contributed by atoms with Crippen LogP contribution in [0.4, 0.5) is 5.82 Å². The number of nitrogens with zero attached hydrogens (tertiary/aromatic N) is 1. The molecule has 0 amide bonds. The van der Waals surface area contributed by atoms with Crippen LogP contribution < -0.4 is 10.1 Å². The molecular weight excluding hydrogens is 276 g/mol. The van der Waals surface area contributed by atoms with Crippen LogP contribution in [0.1, 0.15) is 13.8 Å². The zero-order valence-corrected chi connectivity index (χ0v) is 12.4. The molecule has 1 rings (SSSR count). The van der Waals surface area contributed by atoms with E-state index in [0.29, 0.717) is 18.0 Å². The molecule has 0 atom stereocenters. The fraction of sp³-hybridized carbons (Fsp3) is 0.357. The first-order chi connectivity index (χ1) is 9.91. The standard InChI is InChI=1S/C14H18N2O5/c1-14(2,20-4)21-13(18)10(9-17)8-15-11-6-5-7-12(16-11)19-3/h5-9H,1-4H3,(H,15,16)/b10-8-. The number of aromatic nitrogens is 1. The van der Waals surface area contributed by atoms with Gasteiger partial charge in [-0.25, -0.2) is 4.79 Å². The van der Waals surface area contributed by atoms with Crippen molar-refractivity contribution < 1.29 is 23.8 Å². The second-order valence-electron chi connectivity index (χ2n) is 4.42. The van der Waals surface area contributed by atoms with E-state index in [1.54, 1.807) is 32.0 Å². The summed E-state index contributed by atoms with van der Waals surface area (Å²) >= 11 is 0. The van der Waals surface area contributed by atoms with Crippen molar-refractivity contribution in [2.24, 2.45) is 0 Å². The molecule has 0 fully saturated rings. The van der Waals surface area contributed by atoms with Gasteiger partial charge in [0.2, 0.25) is 11.7 Å². The molecule has 0 bridgehead atoms. The largest absolute Gasteiger partial charge is 0.481 e. The predicted molar refractivity (Wildman–Crippen MR) is 75.7 cm³/mol. The Morgan fingerprint density at radius 1 is 1.33 bits per heavy atom. The van der Waals surface area contributed by atoms with Gasteiger partial charge >= 0.3 is 5.97 Å². The van der Waals surface area contributed by atoms with Gasteiger partial charge in [-0.05, 0) is 6.07 Å². The molecule has 1 N–H and O–H groups in total. The number of anilines is 1. The monoisotopic (exact) mass is 294 g/mol. The topological polar surface area (TPSA) is 86.8 Å². The minimum atomic E-state index is -1.12. The van der Waals surface area contributed by atoms with Crippen LogP contribution in [0.15, 0.2) is 30.0 Å². The van der Waals surface area contributed by atoms with Gasteiger partial charge in [0.25, 0.3) is 0 Å². The maximum absolute atomic E-state index is 11.8. The Kier molecular flexibility index (Phi) is 5.86. The minimum absolute atomic E-state index is 0.190. The van der Waals surface area contributed by atoms with Crippen molar-refractivity contribution in [2.45, 2.75) is 19.6 Å². The van der Waals surface area contributed by atoms with Crippen molar-refractivity contribution in [3.05, 3.63) is 30.0 Å². The van der Waals surface area contributed by atoms with Crippen LogP contribution in [0.2, 0.25) is 0 Å². The first-order valence-electron chi connectivity index (χ1n) is 6.13. The zero-order chi connectivity index (χ0) is 15.9. The molecule has 0 saturated carbocycles. The maximum Gasteiger partial charge on any atom is 0.345 e. The third-order valence-electron chi connectivity index (χ3n) is 2.50. The van der Waals surface area contributed by atoms with Crippen molar-refractivity contribution in [3.63, 3.8) is 0 Å². The molecule has 0 saturated heterocycles. The summed E-state index contributed by atoms with van der Waals surface area (Å²) in [5.41, 5.74) is -0.190. The average molecular weight is 294 g/mol. The molecule has 0 radical (unpaired) electrons. The van der Waals surface area contributed by atoms with Crippen molar-refractivity contribution in [2.75, 3.05) is 19.5 Å². The number of carbonyl (C=O) groups excluding carboxylic acids is 2. The third-order valence-corrected chi connectivity index (χ3v) is 2.50. The second kappa shape index (κ2) is 7.39. The van der Waals surface area contributed by atoms with E-state index >= 15 is 0 Å². The number of esters is 1. The number of hydrogen-bond acceptors (Lipinski definition) is 7. The van der Waals surface area contributed by atoms with Crippen LogP contribution in [0, 0.1) is 0 Å². The fourth-order valence-electron chi connectivity index (χ4n) is 1.23. The summed E-state index contributed by atoms with van der Waals surface area (Å²) < 4.78 is 15.0. The van der Waals surface area contributed by atoms with E-state index < -0.39 is 11.8 Å². The van der Waals surface area contributed by atoms with Crippen LogP contribution in [0.25, 0.3) is 0 Å². The SMILES string of the molecule is COc1cccc(N/C=C(/C=O)C(=O)OC(C)(C)OC)n1. The van der Waals surface area contributed by atoms with Gasteiger partial charge in [0.05, 0.1) is 7.11 Å². The van der Waals surface area contributed by atoms with E-state index in [9.17, 15) is 9.59 Å². The highest BCUT2D eigenvalue weighted by atomic mass is 16.7. The number of pyridine rings is 1. The molecule has 1 aromatic heterocycles. The Morgan fingerprint density at radius 2 is 2.05 bits per heavy atom. The summed E-state index contributed by atoms with van der Waals surface area (Å²) in [5, 5.41) is 2.73. The summed E-state index contributed by atoms with van der Waals surface area (Å²) in [5.74, 6) is -1.09. The quantitative estimate of drug-likeness (QED) is 0.204. The Hall–Kier alpha value is -2.41. The van der Waals surface area contributed by atoms with Gasteiger partial charge in [0.1, 0.15) is 11.4 Å². The van der Waals surface area contributed by atoms with E-state index in [0.717, 1.165) is 0 Å². The molecule has 0 unspecified atom stereocenters. The molecule has 0 aliphatic rings. The van der Waals surface area contributed by atoms with Crippen molar-refractivity contribution in [1.29, 1.82) is 0 Å². The summed E-state index contributed by atoms with van der Waals surface area (Å²) in [6.07, 6.45) is 1.60. The smallest absolute Gasteiger partial charge is 0.345 e. The van der Waals surface area contributed by atoms with Crippen molar-refractivity contribution >= 4 is 18.1 Å². The van der Waals surface area contributed by atoms with Crippen LogP contribution in [0.5, 0.6) is 5.88 Å². The number of aldehydes is 1. The molecule has 0 spiro atoms. The van der Waals surface area contributed by atoms with E-state index in [1.165, 1.54) is 20.4 Å². The summed E-state index contributed by atoms with van der Waals surface area (Å²) in [6, 6.07) is 5.05. The number of nitrogens with one attached hydrogen (secondary N) is 1. The van der Waals surface area contributed by atoms with Crippen LogP contribution in [-0.2, 0) is 19.1 Å². The lowest BCUT2D eigenvalue weighted by atomic mass is 10.3. The zero-order valence-electron chi connectivity index (χ0n) is 12.4. The number of methoxy groups -OCH3 is 2. The summed E-state index contributed by atoms with van der Waals surface area (Å²) in [6.45, 7) is 3.12. The Bertz CT molecular complexity index is 540. The number of ether oxygens (including phenoxy) is 3. The van der Waals surface area contributed by atoms with Gasteiger partial charge in [0, 0.05) is 33.2 Å². The van der Waals surface area contributed by atoms with Crippen LogP contribution in [0.3, 0.4) is 0 Å². The molecule has 1 aromatic rings. The molecule has 0 aromatic carbocycles. The number of carbonyl (C=O) groups is 2. The minimum Gasteiger partial charge on any atom is -0.481 e. The Labute approximate surface area is 122 Å². The molecule has 1 heterocycles. The molecule has 0 aliphatic carbocycles. The molecule has 7 heteroatoms. The highest BCUT2D eigenvalue weighted by Gasteiger charge is 2.23. The van der Waals surface area contributed by atoms with E-state index in [2.05, 4.69) is 10.3 Å². The first-order valence-corrected chi connectivity index (χ1v) is 6.13. The second-order valence-corrected chi connectivity index (χ2v) is 4.42. The highest BCUT2D eigenvalue weighted by Crippen LogP contribution is 2.13. The van der Waals surface area contributed by atoms with Gasteiger partial charge in [0.15, 0.2) is 6.29 Å². The average Bonchev–Trinajstić information content (AvgIpc) is 2.47. The molecule has 114 valence electrons. The molecule has 0 aliphatic heterocycles. The fourth-order valence-corrected chi connectivity index (χ4v) is 1.23. The molecule has 21 heavy (non-hydrogen) atoms. The van der Waals surface area contributed by atoms with Crippen molar-refractivity contribution in [3.8, 4) is 5.88 Å². The Morgan fingerprint density at radius 3 is 2.62 bits per heavy atom. The number of rotatable bonds is 7. The van der Waals surface area contributed by atoms with E-state index in [1.807, 2.05) is 0 Å². The lowest BCUT2D eigenvalue weighted by Gasteiger charge is -2.22. The molecular formula is C14H18N2O5. The lowest BCUT2D eigenvalue weighted by Crippen LogP contribution is -2.31. The van der Waals surface area contributed by atoms with Gasteiger partial charge < -0.3 is 19.5 Å². The Balaban J connectivity index is 2.79. The van der Waals surface area contributed by atoms with E-state index in [4.69, 9.17) is 14.2 Å². The van der Waals surface area contributed by atoms with E-state index in [-0.39, 0.29) is 5.57 Å². The van der Waals surface area contributed by atoms with Gasteiger partial charge in [-0.15, -0.1) is 0 Å². The van der Waals surface area contributed by atoms with Crippen molar-refractivity contribution in [1.82, 2.24) is 4.98 Å². The third kappa shape index (κ3) is 5.23. The highest BCUT2D eigenvalue weighted by molar-refractivity contribution is 6.07. The molecule has 7 nitrogen and oxygen atoms in total. The normalized spacial score (nSPS) is 11.7. The summed E-state index contributed by atoms with van der Waals surface area (Å²) in [4.78, 5) is 26.9.